The van der Waals surface area contributed by atoms with Gasteiger partial charge in [-0.25, -0.2) is 12.7 Å². The van der Waals surface area contributed by atoms with Crippen LogP contribution in [-0.4, -0.2) is 31.7 Å². The normalized spacial score (nSPS) is 15.8. The monoisotopic (exact) mass is 308 g/mol. The van der Waals surface area contributed by atoms with Gasteiger partial charge in [0.15, 0.2) is 0 Å². The SMILES string of the molecule is C=CC(=O)NCc1ccccc1CS(=O)(=O)N1CCCC1. The van der Waals surface area contributed by atoms with Crippen LogP contribution in [0.2, 0.25) is 0 Å². The fourth-order valence-electron chi connectivity index (χ4n) is 2.38. The van der Waals surface area contributed by atoms with Gasteiger partial charge in [0, 0.05) is 19.6 Å². The molecule has 0 saturated carbocycles. The van der Waals surface area contributed by atoms with Crippen molar-refractivity contribution in [1.29, 1.82) is 0 Å². The number of benzene rings is 1. The van der Waals surface area contributed by atoms with Crippen molar-refractivity contribution in [2.45, 2.75) is 25.1 Å². The average molecular weight is 308 g/mol. The molecule has 1 amide bonds. The number of amides is 1. The summed E-state index contributed by atoms with van der Waals surface area (Å²) >= 11 is 0. The predicted octanol–water partition coefficient (Wildman–Crippen LogP) is 1.41. The summed E-state index contributed by atoms with van der Waals surface area (Å²) in [7, 11) is -3.28. The molecule has 21 heavy (non-hydrogen) atoms. The minimum atomic E-state index is -3.28. The molecule has 1 aromatic rings. The summed E-state index contributed by atoms with van der Waals surface area (Å²) < 4.78 is 26.3. The summed E-state index contributed by atoms with van der Waals surface area (Å²) in [6, 6.07) is 7.27. The number of nitrogens with one attached hydrogen (secondary N) is 1. The van der Waals surface area contributed by atoms with Crippen molar-refractivity contribution < 1.29 is 13.2 Å². The van der Waals surface area contributed by atoms with Gasteiger partial charge in [0.1, 0.15) is 0 Å². The van der Waals surface area contributed by atoms with Gasteiger partial charge in [0.05, 0.1) is 5.75 Å². The highest BCUT2D eigenvalue weighted by Crippen LogP contribution is 2.19. The molecule has 0 radical (unpaired) electrons. The molecule has 1 heterocycles. The lowest BCUT2D eigenvalue weighted by atomic mass is 10.1. The van der Waals surface area contributed by atoms with Gasteiger partial charge in [-0.3, -0.25) is 4.79 Å². The fourth-order valence-corrected chi connectivity index (χ4v) is 4.05. The number of rotatable bonds is 6. The molecule has 0 unspecified atom stereocenters. The lowest BCUT2D eigenvalue weighted by Crippen LogP contribution is -2.29. The third-order valence-corrected chi connectivity index (χ3v) is 5.38. The van der Waals surface area contributed by atoms with E-state index in [0.29, 0.717) is 19.6 Å². The van der Waals surface area contributed by atoms with Crippen LogP contribution in [0, 0.1) is 0 Å². The van der Waals surface area contributed by atoms with Crippen molar-refractivity contribution in [3.05, 3.63) is 48.0 Å². The molecule has 5 nitrogen and oxygen atoms in total. The smallest absolute Gasteiger partial charge is 0.243 e. The van der Waals surface area contributed by atoms with E-state index in [1.54, 1.807) is 10.4 Å². The molecule has 114 valence electrons. The first-order valence-electron chi connectivity index (χ1n) is 6.98. The van der Waals surface area contributed by atoms with Gasteiger partial charge in [-0.2, -0.15) is 0 Å². The average Bonchev–Trinajstić information content (AvgIpc) is 3.00. The van der Waals surface area contributed by atoms with Crippen LogP contribution in [0.3, 0.4) is 0 Å². The number of carbonyl (C=O) groups excluding carboxylic acids is 1. The highest BCUT2D eigenvalue weighted by Gasteiger charge is 2.26. The lowest BCUT2D eigenvalue weighted by Gasteiger charge is -2.17. The van der Waals surface area contributed by atoms with E-state index in [-0.39, 0.29) is 11.7 Å². The van der Waals surface area contributed by atoms with E-state index in [0.717, 1.165) is 24.0 Å². The second-order valence-corrected chi connectivity index (χ2v) is 7.02. The summed E-state index contributed by atoms with van der Waals surface area (Å²) in [5.41, 5.74) is 1.55. The molecule has 0 atom stereocenters. The predicted molar refractivity (Wildman–Crippen MR) is 81.9 cm³/mol. The standard InChI is InChI=1S/C15H20N2O3S/c1-2-15(18)16-11-13-7-3-4-8-14(13)12-21(19,20)17-9-5-6-10-17/h2-4,7-8H,1,5-6,9-12H2,(H,16,18). The van der Waals surface area contributed by atoms with Crippen molar-refractivity contribution in [2.75, 3.05) is 13.1 Å². The first-order chi connectivity index (χ1) is 10.0. The second kappa shape index (κ2) is 6.87. The lowest BCUT2D eigenvalue weighted by molar-refractivity contribution is -0.116. The minimum Gasteiger partial charge on any atom is -0.348 e. The van der Waals surface area contributed by atoms with Crippen LogP contribution in [0.4, 0.5) is 0 Å². The molecule has 1 fully saturated rings. The maximum Gasteiger partial charge on any atom is 0.243 e. The molecule has 1 aromatic carbocycles. The molecule has 0 aliphatic carbocycles. The number of hydrogen-bond acceptors (Lipinski definition) is 3. The fraction of sp³-hybridized carbons (Fsp3) is 0.400. The van der Waals surface area contributed by atoms with Crippen molar-refractivity contribution in [2.24, 2.45) is 0 Å². The van der Waals surface area contributed by atoms with Gasteiger partial charge < -0.3 is 5.32 Å². The Labute approximate surface area is 125 Å². The van der Waals surface area contributed by atoms with Gasteiger partial charge in [0.2, 0.25) is 15.9 Å². The van der Waals surface area contributed by atoms with Gasteiger partial charge in [-0.15, -0.1) is 0 Å². The zero-order chi connectivity index (χ0) is 15.3. The summed E-state index contributed by atoms with van der Waals surface area (Å²) in [4.78, 5) is 11.2. The van der Waals surface area contributed by atoms with Crippen molar-refractivity contribution in [3.8, 4) is 0 Å². The van der Waals surface area contributed by atoms with Crippen LogP contribution in [0.25, 0.3) is 0 Å². The van der Waals surface area contributed by atoms with Gasteiger partial charge >= 0.3 is 0 Å². The molecule has 1 N–H and O–H groups in total. The molecule has 1 aliphatic heterocycles. The summed E-state index contributed by atoms with van der Waals surface area (Å²) in [6.45, 7) is 4.91. The summed E-state index contributed by atoms with van der Waals surface area (Å²) in [6.07, 6.45) is 3.05. The van der Waals surface area contributed by atoms with Crippen LogP contribution in [0.1, 0.15) is 24.0 Å². The Kier molecular flexibility index (Phi) is 5.14. The van der Waals surface area contributed by atoms with E-state index >= 15 is 0 Å². The molecule has 6 heteroatoms. The van der Waals surface area contributed by atoms with Crippen molar-refractivity contribution >= 4 is 15.9 Å². The van der Waals surface area contributed by atoms with Gasteiger partial charge in [0.25, 0.3) is 0 Å². The molecule has 1 saturated heterocycles. The Hall–Kier alpha value is -1.66. The number of hydrogen-bond donors (Lipinski definition) is 1. The third-order valence-electron chi connectivity index (χ3n) is 3.55. The van der Waals surface area contributed by atoms with Gasteiger partial charge in [-0.05, 0) is 30.0 Å². The first kappa shape index (κ1) is 15.7. The quantitative estimate of drug-likeness (QED) is 0.808. The molecule has 2 rings (SSSR count). The highest BCUT2D eigenvalue weighted by atomic mass is 32.2. The molecule has 0 aromatic heterocycles. The zero-order valence-corrected chi connectivity index (χ0v) is 12.7. The van der Waals surface area contributed by atoms with Crippen LogP contribution >= 0.6 is 0 Å². The second-order valence-electron chi connectivity index (χ2n) is 5.05. The Morgan fingerprint density at radius 3 is 2.48 bits per heavy atom. The Bertz CT molecular complexity index is 620. The van der Waals surface area contributed by atoms with Crippen LogP contribution < -0.4 is 5.32 Å². The topological polar surface area (TPSA) is 66.5 Å². The molecular weight excluding hydrogens is 288 g/mol. The number of nitrogens with zero attached hydrogens (tertiary/aromatic N) is 1. The first-order valence-corrected chi connectivity index (χ1v) is 8.59. The Morgan fingerprint density at radius 1 is 1.24 bits per heavy atom. The Morgan fingerprint density at radius 2 is 1.86 bits per heavy atom. The maximum absolute atomic E-state index is 12.4. The van der Waals surface area contributed by atoms with E-state index < -0.39 is 10.0 Å². The molecule has 1 aliphatic rings. The molecule has 0 spiro atoms. The maximum atomic E-state index is 12.4. The number of carbonyl (C=O) groups is 1. The van der Waals surface area contributed by atoms with E-state index in [1.165, 1.54) is 6.08 Å². The van der Waals surface area contributed by atoms with Crippen molar-refractivity contribution in [1.82, 2.24) is 9.62 Å². The highest BCUT2D eigenvalue weighted by molar-refractivity contribution is 7.88. The van der Waals surface area contributed by atoms with Crippen LogP contribution in [0.15, 0.2) is 36.9 Å². The minimum absolute atomic E-state index is 0.0207. The van der Waals surface area contributed by atoms with E-state index in [2.05, 4.69) is 11.9 Å². The Balaban J connectivity index is 2.12. The van der Waals surface area contributed by atoms with E-state index in [9.17, 15) is 13.2 Å². The van der Waals surface area contributed by atoms with E-state index in [1.807, 2.05) is 18.2 Å². The van der Waals surface area contributed by atoms with Crippen LogP contribution in [0.5, 0.6) is 0 Å². The summed E-state index contributed by atoms with van der Waals surface area (Å²) in [5, 5.41) is 2.68. The zero-order valence-electron chi connectivity index (χ0n) is 11.9. The molecule has 0 bridgehead atoms. The van der Waals surface area contributed by atoms with E-state index in [4.69, 9.17) is 0 Å². The third kappa shape index (κ3) is 4.15. The van der Waals surface area contributed by atoms with Crippen molar-refractivity contribution in [3.63, 3.8) is 0 Å². The largest absolute Gasteiger partial charge is 0.348 e. The van der Waals surface area contributed by atoms with Crippen LogP contribution in [-0.2, 0) is 27.1 Å². The molecular formula is C15H20N2O3S. The summed E-state index contributed by atoms with van der Waals surface area (Å²) in [5.74, 6) is -0.292. The van der Waals surface area contributed by atoms with Gasteiger partial charge in [-0.1, -0.05) is 30.8 Å². The number of sulfonamides is 1.